The van der Waals surface area contributed by atoms with Gasteiger partial charge in [-0.3, -0.25) is 0 Å². The zero-order valence-electron chi connectivity index (χ0n) is 20.0. The van der Waals surface area contributed by atoms with Crippen LogP contribution in [0.1, 0.15) is 53.5 Å². The van der Waals surface area contributed by atoms with Gasteiger partial charge in [-0.25, -0.2) is 4.79 Å². The van der Waals surface area contributed by atoms with Crippen LogP contribution in [0.2, 0.25) is 18.1 Å². The summed E-state index contributed by atoms with van der Waals surface area (Å²) in [5, 5.41) is 12.5. The van der Waals surface area contributed by atoms with E-state index in [1.807, 2.05) is 24.3 Å². The molecule has 0 bridgehead atoms. The van der Waals surface area contributed by atoms with E-state index in [0.29, 0.717) is 19.6 Å². The largest absolute Gasteiger partial charge is 0.494 e. The Labute approximate surface area is 183 Å². The first kappa shape index (κ1) is 26.5. The molecule has 1 rings (SSSR count). The number of alkyl carbamates (subject to hydrolysis) is 1. The first-order valence-electron chi connectivity index (χ1n) is 10.7. The highest BCUT2D eigenvalue weighted by molar-refractivity contribution is 6.74. The summed E-state index contributed by atoms with van der Waals surface area (Å²) < 4.78 is 17.2. The first-order valence-corrected chi connectivity index (χ1v) is 13.6. The van der Waals surface area contributed by atoms with Gasteiger partial charge in [0.05, 0.1) is 19.3 Å². The minimum atomic E-state index is -1.70. The van der Waals surface area contributed by atoms with Crippen molar-refractivity contribution in [3.63, 3.8) is 0 Å². The van der Waals surface area contributed by atoms with E-state index in [1.165, 1.54) is 0 Å². The van der Waals surface area contributed by atoms with Crippen molar-refractivity contribution in [1.29, 1.82) is 0 Å². The molecule has 1 amide bonds. The predicted molar refractivity (Wildman–Crippen MR) is 124 cm³/mol. The molecule has 0 saturated carbocycles. The Morgan fingerprint density at radius 2 is 1.67 bits per heavy atom. The lowest BCUT2D eigenvalue weighted by molar-refractivity contribution is 0.0483. The van der Waals surface area contributed by atoms with Crippen LogP contribution < -0.4 is 10.1 Å². The lowest BCUT2D eigenvalue weighted by atomic mass is 10.1. The van der Waals surface area contributed by atoms with Crippen LogP contribution in [0.5, 0.6) is 5.75 Å². The van der Waals surface area contributed by atoms with Gasteiger partial charge in [-0.05, 0) is 63.0 Å². The second-order valence-electron chi connectivity index (χ2n) is 10.2. The number of rotatable bonds is 10. The number of carbonyl (C=O) groups excluding carboxylic acids is 1. The summed E-state index contributed by atoms with van der Waals surface area (Å²) in [6.45, 7) is 17.8. The molecule has 0 radical (unpaired) electrons. The summed E-state index contributed by atoms with van der Waals surface area (Å²) in [4.78, 5) is 11.9. The summed E-state index contributed by atoms with van der Waals surface area (Å²) >= 11 is 0. The Bertz CT molecular complexity index is 647. The maximum Gasteiger partial charge on any atom is 0.407 e. The van der Waals surface area contributed by atoms with Crippen LogP contribution in [-0.2, 0) is 15.6 Å². The fraction of sp³-hybridized carbons (Fsp3) is 0.696. The molecule has 30 heavy (non-hydrogen) atoms. The van der Waals surface area contributed by atoms with Gasteiger partial charge in [0.1, 0.15) is 11.4 Å². The van der Waals surface area contributed by atoms with Crippen molar-refractivity contribution in [1.82, 2.24) is 5.32 Å². The zero-order chi connectivity index (χ0) is 23.0. The van der Waals surface area contributed by atoms with Crippen LogP contribution in [0.4, 0.5) is 4.79 Å². The van der Waals surface area contributed by atoms with Gasteiger partial charge in [0, 0.05) is 13.0 Å². The van der Waals surface area contributed by atoms with E-state index in [9.17, 15) is 9.90 Å². The second-order valence-corrected chi connectivity index (χ2v) is 15.0. The lowest BCUT2D eigenvalue weighted by Gasteiger charge is -2.36. The molecular weight excluding hydrogens is 398 g/mol. The highest BCUT2D eigenvalue weighted by Crippen LogP contribution is 2.36. The van der Waals surface area contributed by atoms with E-state index in [0.717, 1.165) is 17.7 Å². The Morgan fingerprint density at radius 1 is 1.07 bits per heavy atom. The van der Waals surface area contributed by atoms with Crippen molar-refractivity contribution in [3.8, 4) is 5.75 Å². The number of carbonyl (C=O) groups is 1. The summed E-state index contributed by atoms with van der Waals surface area (Å²) in [6, 6.07) is 7.30. The number of hydrogen-bond donors (Lipinski definition) is 2. The van der Waals surface area contributed by atoms with E-state index >= 15 is 0 Å². The molecule has 0 fully saturated rings. The number of benzene rings is 1. The molecule has 0 aromatic heterocycles. The van der Waals surface area contributed by atoms with Gasteiger partial charge in [-0.2, -0.15) is 0 Å². The molecule has 1 aromatic carbocycles. The van der Waals surface area contributed by atoms with Crippen LogP contribution in [0.3, 0.4) is 0 Å². The fourth-order valence-corrected chi connectivity index (χ4v) is 3.52. The average Bonchev–Trinajstić information content (AvgIpc) is 2.59. The summed E-state index contributed by atoms with van der Waals surface area (Å²) in [5.74, 6) is 0.798. The molecule has 6 nitrogen and oxygen atoms in total. The standard InChI is InChI=1S/C23H41NO5Si/c1-22(2,3)29-21(26)24-19(17-25)16-18-10-12-20(13-11-18)27-14-9-15-28-30(7,8)23(4,5)6/h10-13,19,25H,9,14-17H2,1-8H3,(H,24,26)/t19-/m0/s1. The molecule has 0 aliphatic carbocycles. The van der Waals surface area contributed by atoms with Crippen molar-refractivity contribution in [3.05, 3.63) is 29.8 Å². The molecule has 1 aromatic rings. The minimum absolute atomic E-state index is 0.161. The van der Waals surface area contributed by atoms with Gasteiger partial charge in [-0.1, -0.05) is 32.9 Å². The quantitative estimate of drug-likeness (QED) is 0.400. The summed E-state index contributed by atoms with van der Waals surface area (Å²) in [5.41, 5.74) is 0.428. The maximum atomic E-state index is 11.9. The molecule has 1 atom stereocenters. The van der Waals surface area contributed by atoms with Crippen LogP contribution in [0.25, 0.3) is 0 Å². The lowest BCUT2D eigenvalue weighted by Crippen LogP contribution is -2.42. The van der Waals surface area contributed by atoms with Gasteiger partial charge < -0.3 is 24.3 Å². The summed E-state index contributed by atoms with van der Waals surface area (Å²) in [7, 11) is -1.70. The smallest absolute Gasteiger partial charge is 0.407 e. The number of aliphatic hydroxyl groups excluding tert-OH is 1. The second kappa shape index (κ2) is 11.2. The minimum Gasteiger partial charge on any atom is -0.494 e. The number of hydrogen-bond acceptors (Lipinski definition) is 5. The highest BCUT2D eigenvalue weighted by Gasteiger charge is 2.36. The SMILES string of the molecule is CC(C)(C)OC(=O)N[C@H](CO)Cc1ccc(OCCCO[Si](C)(C)C(C)(C)C)cc1. The third kappa shape index (κ3) is 9.96. The maximum absolute atomic E-state index is 11.9. The fourth-order valence-electron chi connectivity index (χ4n) is 2.43. The Kier molecular flexibility index (Phi) is 9.84. The van der Waals surface area contributed by atoms with Gasteiger partial charge in [-0.15, -0.1) is 0 Å². The Balaban J connectivity index is 2.41. The van der Waals surface area contributed by atoms with E-state index in [4.69, 9.17) is 13.9 Å². The highest BCUT2D eigenvalue weighted by atomic mass is 28.4. The van der Waals surface area contributed by atoms with Crippen LogP contribution in [0.15, 0.2) is 24.3 Å². The van der Waals surface area contributed by atoms with Crippen molar-refractivity contribution in [2.45, 2.75) is 84.2 Å². The number of nitrogens with one attached hydrogen (secondary N) is 1. The van der Waals surface area contributed by atoms with Crippen molar-refractivity contribution in [2.75, 3.05) is 19.8 Å². The molecule has 0 aliphatic heterocycles. The van der Waals surface area contributed by atoms with Crippen molar-refractivity contribution in [2.24, 2.45) is 0 Å². The average molecular weight is 440 g/mol. The molecule has 0 spiro atoms. The normalized spacial score (nSPS) is 13.6. The number of aliphatic hydroxyl groups is 1. The van der Waals surface area contributed by atoms with Gasteiger partial charge in [0.15, 0.2) is 8.32 Å². The van der Waals surface area contributed by atoms with Gasteiger partial charge in [0.2, 0.25) is 0 Å². The molecule has 0 saturated heterocycles. The number of ether oxygens (including phenoxy) is 2. The predicted octanol–water partition coefficient (Wildman–Crippen LogP) is 4.91. The topological polar surface area (TPSA) is 77.0 Å². The molecule has 7 heteroatoms. The van der Waals surface area contributed by atoms with Crippen molar-refractivity contribution >= 4 is 14.4 Å². The molecule has 0 heterocycles. The molecule has 0 aliphatic rings. The van der Waals surface area contributed by atoms with Gasteiger partial charge in [0.25, 0.3) is 0 Å². The number of amides is 1. The van der Waals surface area contributed by atoms with Gasteiger partial charge >= 0.3 is 6.09 Å². The summed E-state index contributed by atoms with van der Waals surface area (Å²) in [6.07, 6.45) is 0.832. The van der Waals surface area contributed by atoms with E-state index in [2.05, 4.69) is 39.2 Å². The molecule has 0 unspecified atom stereocenters. The third-order valence-corrected chi connectivity index (χ3v) is 9.71. The molecular formula is C23H41NO5Si. The molecule has 2 N–H and O–H groups in total. The van der Waals surface area contributed by atoms with E-state index in [1.54, 1.807) is 20.8 Å². The van der Waals surface area contributed by atoms with Crippen LogP contribution in [0, 0.1) is 0 Å². The third-order valence-electron chi connectivity index (χ3n) is 5.17. The van der Waals surface area contributed by atoms with E-state index in [-0.39, 0.29) is 11.6 Å². The van der Waals surface area contributed by atoms with E-state index < -0.39 is 26.1 Å². The van der Waals surface area contributed by atoms with Crippen molar-refractivity contribution < 1.29 is 23.8 Å². The first-order chi connectivity index (χ1) is 13.7. The van der Waals surface area contributed by atoms with Crippen LogP contribution >= 0.6 is 0 Å². The zero-order valence-corrected chi connectivity index (χ0v) is 21.0. The molecule has 172 valence electrons. The van der Waals surface area contributed by atoms with Crippen LogP contribution in [-0.4, -0.2) is 51.0 Å². The monoisotopic (exact) mass is 439 g/mol. The Hall–Kier alpha value is -1.57. The Morgan fingerprint density at radius 3 is 2.17 bits per heavy atom.